The number of aromatic nitrogens is 1. The van der Waals surface area contributed by atoms with Crippen LogP contribution in [0.15, 0.2) is 48.5 Å². The molecule has 5 nitrogen and oxygen atoms in total. The lowest BCUT2D eigenvalue weighted by Crippen LogP contribution is -2.09. The van der Waals surface area contributed by atoms with Gasteiger partial charge in [-0.2, -0.15) is 0 Å². The molecule has 2 aromatic carbocycles. The van der Waals surface area contributed by atoms with Crippen LogP contribution in [0.2, 0.25) is 0 Å². The third-order valence-corrected chi connectivity index (χ3v) is 4.78. The first-order chi connectivity index (χ1) is 13.5. The van der Waals surface area contributed by atoms with Crippen molar-refractivity contribution in [2.45, 2.75) is 33.7 Å². The molecule has 1 aromatic heterocycles. The number of hydrogen-bond donors (Lipinski definition) is 0. The van der Waals surface area contributed by atoms with Gasteiger partial charge in [-0.1, -0.05) is 30.3 Å². The van der Waals surface area contributed by atoms with Gasteiger partial charge in [-0.05, 0) is 50.1 Å². The van der Waals surface area contributed by atoms with Crippen LogP contribution >= 0.6 is 0 Å². The molecule has 28 heavy (non-hydrogen) atoms. The lowest BCUT2D eigenvalue weighted by Gasteiger charge is -2.09. The van der Waals surface area contributed by atoms with Gasteiger partial charge in [0.2, 0.25) is 0 Å². The average molecular weight is 379 g/mol. The molecule has 0 unspecified atom stereocenters. The molecule has 0 saturated carbocycles. The van der Waals surface area contributed by atoms with Crippen LogP contribution in [-0.4, -0.2) is 29.7 Å². The topological polar surface area (TPSA) is 57.5 Å². The number of hydrogen-bond acceptors (Lipinski definition) is 4. The van der Waals surface area contributed by atoms with E-state index in [0.29, 0.717) is 25.3 Å². The van der Waals surface area contributed by atoms with Crippen LogP contribution in [0.4, 0.5) is 0 Å². The van der Waals surface area contributed by atoms with Crippen LogP contribution in [0.5, 0.6) is 0 Å². The Kier molecular flexibility index (Phi) is 6.14. The fourth-order valence-electron chi connectivity index (χ4n) is 3.44. The Hall–Kier alpha value is -3.08. The van der Waals surface area contributed by atoms with Gasteiger partial charge in [0.1, 0.15) is 0 Å². The smallest absolute Gasteiger partial charge is 0.338 e. The fraction of sp³-hybridized carbons (Fsp3) is 0.304. The molecular formula is C23H25NO4. The molecule has 0 spiro atoms. The molecule has 0 aliphatic rings. The first-order valence-electron chi connectivity index (χ1n) is 9.53. The number of benzene rings is 2. The normalized spacial score (nSPS) is 10.8. The van der Waals surface area contributed by atoms with E-state index in [9.17, 15) is 9.59 Å². The second-order valence-corrected chi connectivity index (χ2v) is 6.57. The summed E-state index contributed by atoms with van der Waals surface area (Å²) in [5.41, 5.74) is 4.51. The fourth-order valence-corrected chi connectivity index (χ4v) is 3.44. The minimum absolute atomic E-state index is 0.171. The molecule has 0 amide bonds. The lowest BCUT2D eigenvalue weighted by molar-refractivity contribution is -0.142. The highest BCUT2D eigenvalue weighted by atomic mass is 16.5. The number of fused-ring (bicyclic) bond motifs is 1. The van der Waals surface area contributed by atoms with Crippen LogP contribution in [0.1, 0.15) is 41.0 Å². The van der Waals surface area contributed by atoms with E-state index in [4.69, 9.17) is 9.47 Å². The standard InChI is InChI=1S/C23H25NO4/c1-4-27-22(25)14-19-16(3)24(15-17-9-7-6-8-10-17)21-12-11-18(13-20(19)21)23(26)28-5-2/h6-13H,4-5,14-15H2,1-3H3. The Morgan fingerprint density at radius 3 is 2.36 bits per heavy atom. The molecule has 3 aromatic rings. The minimum Gasteiger partial charge on any atom is -0.466 e. The van der Waals surface area contributed by atoms with Crippen molar-refractivity contribution in [3.8, 4) is 0 Å². The molecule has 3 rings (SSSR count). The van der Waals surface area contributed by atoms with Gasteiger partial charge in [0.05, 0.1) is 25.2 Å². The SMILES string of the molecule is CCOC(=O)Cc1c(C)n(Cc2ccccc2)c2ccc(C(=O)OCC)cc12. The zero-order valence-corrected chi connectivity index (χ0v) is 16.5. The van der Waals surface area contributed by atoms with Crippen molar-refractivity contribution in [1.82, 2.24) is 4.57 Å². The summed E-state index contributed by atoms with van der Waals surface area (Å²) < 4.78 is 12.5. The molecule has 5 heteroatoms. The van der Waals surface area contributed by atoms with Crippen LogP contribution in [0.3, 0.4) is 0 Å². The first kappa shape index (κ1) is 19.7. The van der Waals surface area contributed by atoms with Gasteiger partial charge in [0, 0.05) is 23.1 Å². The van der Waals surface area contributed by atoms with Crippen LogP contribution < -0.4 is 0 Å². The largest absolute Gasteiger partial charge is 0.466 e. The summed E-state index contributed by atoms with van der Waals surface area (Å²) >= 11 is 0. The molecule has 0 aliphatic carbocycles. The van der Waals surface area contributed by atoms with E-state index in [1.54, 1.807) is 19.9 Å². The lowest BCUT2D eigenvalue weighted by atomic mass is 10.1. The van der Waals surface area contributed by atoms with Gasteiger partial charge >= 0.3 is 11.9 Å². The Labute approximate surface area is 164 Å². The van der Waals surface area contributed by atoms with Crippen LogP contribution in [0.25, 0.3) is 10.9 Å². The van der Waals surface area contributed by atoms with E-state index in [2.05, 4.69) is 16.7 Å². The highest BCUT2D eigenvalue weighted by molar-refractivity contribution is 5.97. The maximum absolute atomic E-state index is 12.2. The molecular weight excluding hydrogens is 354 g/mol. The number of nitrogens with zero attached hydrogens (tertiary/aromatic N) is 1. The van der Waals surface area contributed by atoms with Crippen LogP contribution in [0, 0.1) is 6.92 Å². The predicted molar refractivity (Wildman–Crippen MR) is 109 cm³/mol. The summed E-state index contributed by atoms with van der Waals surface area (Å²) in [6.45, 7) is 6.92. The molecule has 0 saturated heterocycles. The van der Waals surface area contributed by atoms with Gasteiger partial charge in [-0.3, -0.25) is 4.79 Å². The van der Waals surface area contributed by atoms with Gasteiger partial charge in [-0.25, -0.2) is 4.79 Å². The summed E-state index contributed by atoms with van der Waals surface area (Å²) in [5, 5.41) is 0.882. The maximum Gasteiger partial charge on any atom is 0.338 e. The van der Waals surface area contributed by atoms with E-state index < -0.39 is 0 Å². The van der Waals surface area contributed by atoms with E-state index in [1.807, 2.05) is 37.3 Å². The van der Waals surface area contributed by atoms with E-state index in [0.717, 1.165) is 22.2 Å². The molecule has 0 atom stereocenters. The molecule has 146 valence electrons. The van der Waals surface area contributed by atoms with Crippen molar-refractivity contribution in [3.63, 3.8) is 0 Å². The van der Waals surface area contributed by atoms with Gasteiger partial charge < -0.3 is 14.0 Å². The van der Waals surface area contributed by atoms with Crippen molar-refractivity contribution in [2.24, 2.45) is 0 Å². The summed E-state index contributed by atoms with van der Waals surface area (Å²) in [5.74, 6) is -0.633. The zero-order valence-electron chi connectivity index (χ0n) is 16.5. The van der Waals surface area contributed by atoms with Crippen molar-refractivity contribution >= 4 is 22.8 Å². The minimum atomic E-state index is -0.361. The number of esters is 2. The number of ether oxygens (including phenoxy) is 2. The predicted octanol–water partition coefficient (Wildman–Crippen LogP) is 4.28. The van der Waals surface area contributed by atoms with Crippen molar-refractivity contribution < 1.29 is 19.1 Å². The Morgan fingerprint density at radius 1 is 0.964 bits per heavy atom. The third kappa shape index (κ3) is 4.09. The second-order valence-electron chi connectivity index (χ2n) is 6.57. The number of carbonyl (C=O) groups excluding carboxylic acids is 2. The summed E-state index contributed by atoms with van der Waals surface area (Å²) in [6.07, 6.45) is 0.171. The average Bonchev–Trinajstić information content (AvgIpc) is 2.94. The van der Waals surface area contributed by atoms with E-state index >= 15 is 0 Å². The Bertz CT molecular complexity index is 989. The first-order valence-corrected chi connectivity index (χ1v) is 9.53. The summed E-state index contributed by atoms with van der Waals surface area (Å²) in [4.78, 5) is 24.4. The van der Waals surface area contributed by atoms with E-state index in [1.165, 1.54) is 5.56 Å². The molecule has 0 bridgehead atoms. The van der Waals surface area contributed by atoms with Crippen LogP contribution in [-0.2, 0) is 27.2 Å². The second kappa shape index (κ2) is 8.74. The molecule has 0 fully saturated rings. The van der Waals surface area contributed by atoms with E-state index in [-0.39, 0.29) is 18.4 Å². The van der Waals surface area contributed by atoms with Gasteiger partial charge in [0.15, 0.2) is 0 Å². The Morgan fingerprint density at radius 2 is 1.68 bits per heavy atom. The number of rotatable bonds is 7. The van der Waals surface area contributed by atoms with Crippen molar-refractivity contribution in [1.29, 1.82) is 0 Å². The van der Waals surface area contributed by atoms with Crippen molar-refractivity contribution in [2.75, 3.05) is 13.2 Å². The summed E-state index contributed by atoms with van der Waals surface area (Å²) in [7, 11) is 0. The monoisotopic (exact) mass is 379 g/mol. The van der Waals surface area contributed by atoms with Gasteiger partial charge in [0.25, 0.3) is 0 Å². The highest BCUT2D eigenvalue weighted by Crippen LogP contribution is 2.29. The molecule has 1 heterocycles. The third-order valence-electron chi connectivity index (χ3n) is 4.78. The quantitative estimate of drug-likeness (QED) is 0.575. The van der Waals surface area contributed by atoms with Gasteiger partial charge in [-0.15, -0.1) is 0 Å². The molecule has 0 radical (unpaired) electrons. The highest BCUT2D eigenvalue weighted by Gasteiger charge is 2.19. The molecule has 0 aliphatic heterocycles. The maximum atomic E-state index is 12.2. The number of carbonyl (C=O) groups is 2. The zero-order chi connectivity index (χ0) is 20.1. The van der Waals surface area contributed by atoms with Crippen molar-refractivity contribution in [3.05, 3.63) is 70.9 Å². The summed E-state index contributed by atoms with van der Waals surface area (Å²) in [6, 6.07) is 15.7. The molecule has 0 N–H and O–H groups in total. The Balaban J connectivity index is 2.10.